The molecule has 0 amide bonds. The Hall–Kier alpha value is -2.28. The van der Waals surface area contributed by atoms with Crippen molar-refractivity contribution in [2.45, 2.75) is 39.0 Å². The summed E-state index contributed by atoms with van der Waals surface area (Å²) in [7, 11) is 0. The van der Waals surface area contributed by atoms with Crippen molar-refractivity contribution in [2.75, 3.05) is 0 Å². The van der Waals surface area contributed by atoms with Gasteiger partial charge in [-0.15, -0.1) is 0 Å². The number of ether oxygens (including phenoxy) is 1. The Kier molecular flexibility index (Phi) is 5.76. The fourth-order valence-electron chi connectivity index (χ4n) is 1.83. The Balaban J connectivity index is 3.02. The number of benzene rings is 1. The zero-order valence-electron chi connectivity index (χ0n) is 12.8. The summed E-state index contributed by atoms with van der Waals surface area (Å²) < 4.78 is 5.19. The van der Waals surface area contributed by atoms with Gasteiger partial charge in [0, 0.05) is 4.92 Å². The number of carbonyl (C=O) groups excluding carboxylic acids is 2. The molecule has 1 aromatic rings. The van der Waals surface area contributed by atoms with Gasteiger partial charge in [0.05, 0.1) is 0 Å². The molecular formula is C15H20N2O5. The van der Waals surface area contributed by atoms with Crippen LogP contribution >= 0.6 is 0 Å². The number of hydrogen-bond acceptors (Lipinski definition) is 6. The maximum absolute atomic E-state index is 12.2. The maximum atomic E-state index is 12.2. The molecule has 0 radical (unpaired) electrons. The van der Waals surface area contributed by atoms with E-state index in [1.54, 1.807) is 51.1 Å². The number of esters is 1. The molecular weight excluding hydrogens is 288 g/mol. The second-order valence-corrected chi connectivity index (χ2v) is 5.91. The second kappa shape index (κ2) is 7.13. The van der Waals surface area contributed by atoms with E-state index in [-0.39, 0.29) is 6.42 Å². The highest BCUT2D eigenvalue weighted by Gasteiger charge is 2.39. The van der Waals surface area contributed by atoms with Crippen LogP contribution in [-0.4, -0.2) is 28.4 Å². The molecule has 7 heteroatoms. The third-order valence-electron chi connectivity index (χ3n) is 2.84. The van der Waals surface area contributed by atoms with Gasteiger partial charge in [-0.1, -0.05) is 30.3 Å². The predicted octanol–water partition coefficient (Wildman–Crippen LogP) is 1.32. The van der Waals surface area contributed by atoms with Gasteiger partial charge in [-0.2, -0.15) is 0 Å². The van der Waals surface area contributed by atoms with Crippen LogP contribution in [0.25, 0.3) is 0 Å². The minimum atomic E-state index is -1.94. The first-order valence-electron chi connectivity index (χ1n) is 6.81. The van der Waals surface area contributed by atoms with Crippen LogP contribution in [0.3, 0.4) is 0 Å². The molecule has 0 aliphatic carbocycles. The average Bonchev–Trinajstić information content (AvgIpc) is 2.42. The summed E-state index contributed by atoms with van der Waals surface area (Å²) in [6.45, 7) is 4.97. The van der Waals surface area contributed by atoms with E-state index in [0.29, 0.717) is 5.56 Å². The number of carbonyl (C=O) groups is 2. The first kappa shape index (κ1) is 17.8. The van der Waals surface area contributed by atoms with E-state index in [4.69, 9.17) is 10.5 Å². The Labute approximate surface area is 128 Å². The third kappa shape index (κ3) is 5.25. The second-order valence-electron chi connectivity index (χ2n) is 5.91. The van der Waals surface area contributed by atoms with Crippen molar-refractivity contribution in [3.63, 3.8) is 0 Å². The lowest BCUT2D eigenvalue weighted by Gasteiger charge is -2.23. The van der Waals surface area contributed by atoms with Crippen molar-refractivity contribution in [1.29, 1.82) is 0 Å². The van der Waals surface area contributed by atoms with E-state index in [2.05, 4.69) is 0 Å². The lowest BCUT2D eigenvalue weighted by Crippen LogP contribution is -2.46. The quantitative estimate of drug-likeness (QED) is 0.279. The van der Waals surface area contributed by atoms with Crippen molar-refractivity contribution in [1.82, 2.24) is 0 Å². The summed E-state index contributed by atoms with van der Waals surface area (Å²) in [6, 6.07) is 8.74. The SMILES string of the molecule is CC(C)(C)OC(=O)C(Cc1ccccc1)C(=O)[C@@H](N)[N+](=O)[O-]. The van der Waals surface area contributed by atoms with Gasteiger partial charge >= 0.3 is 12.1 Å². The largest absolute Gasteiger partial charge is 0.459 e. The molecule has 0 aliphatic heterocycles. The maximum Gasteiger partial charge on any atom is 0.322 e. The zero-order chi connectivity index (χ0) is 16.9. The highest BCUT2D eigenvalue weighted by atomic mass is 16.6. The van der Waals surface area contributed by atoms with Gasteiger partial charge in [0.15, 0.2) is 0 Å². The summed E-state index contributed by atoms with van der Waals surface area (Å²) in [5.74, 6) is -3.07. The molecule has 0 aliphatic rings. The standard InChI is InChI=1S/C15H20N2O5/c1-15(2,3)22-14(19)11(12(18)13(16)17(20)21)9-10-7-5-4-6-8-10/h4-8,11,13H,9,16H2,1-3H3/t11?,13-/m0/s1. The molecule has 7 nitrogen and oxygen atoms in total. The van der Waals surface area contributed by atoms with Crippen LogP contribution in [-0.2, 0) is 20.7 Å². The average molecular weight is 308 g/mol. The van der Waals surface area contributed by atoms with Crippen LogP contribution < -0.4 is 5.73 Å². The van der Waals surface area contributed by atoms with Crippen LogP contribution in [0.2, 0.25) is 0 Å². The number of ketones is 1. The van der Waals surface area contributed by atoms with Crippen LogP contribution in [0, 0.1) is 16.0 Å². The minimum absolute atomic E-state index is 0.0100. The molecule has 1 unspecified atom stereocenters. The minimum Gasteiger partial charge on any atom is -0.459 e. The van der Waals surface area contributed by atoms with E-state index in [0.717, 1.165) is 0 Å². The number of nitro groups is 1. The van der Waals surface area contributed by atoms with Crippen molar-refractivity contribution in [2.24, 2.45) is 11.7 Å². The third-order valence-corrected chi connectivity index (χ3v) is 2.84. The van der Waals surface area contributed by atoms with Gasteiger partial charge in [-0.25, -0.2) is 0 Å². The van der Waals surface area contributed by atoms with Gasteiger partial charge in [0.25, 0.3) is 0 Å². The summed E-state index contributed by atoms with van der Waals surface area (Å²) in [6.07, 6.45) is -1.93. The van der Waals surface area contributed by atoms with E-state index >= 15 is 0 Å². The van der Waals surface area contributed by atoms with Crippen LogP contribution in [0.15, 0.2) is 30.3 Å². The van der Waals surface area contributed by atoms with Crippen LogP contribution in [0.4, 0.5) is 0 Å². The fourth-order valence-corrected chi connectivity index (χ4v) is 1.83. The number of rotatable bonds is 6. The van der Waals surface area contributed by atoms with Crippen LogP contribution in [0.5, 0.6) is 0 Å². The molecule has 0 saturated carbocycles. The van der Waals surface area contributed by atoms with Crippen molar-refractivity contribution < 1.29 is 19.2 Å². The monoisotopic (exact) mass is 308 g/mol. The Morgan fingerprint density at radius 2 is 1.82 bits per heavy atom. The first-order valence-corrected chi connectivity index (χ1v) is 6.81. The van der Waals surface area contributed by atoms with E-state index < -0.39 is 34.4 Å². The van der Waals surface area contributed by atoms with Crippen molar-refractivity contribution in [3.8, 4) is 0 Å². The molecule has 0 bridgehead atoms. The van der Waals surface area contributed by atoms with E-state index in [1.165, 1.54) is 0 Å². The van der Waals surface area contributed by atoms with E-state index in [9.17, 15) is 19.7 Å². The van der Waals surface area contributed by atoms with Gasteiger partial charge in [-0.05, 0) is 32.8 Å². The molecule has 1 aromatic carbocycles. The summed E-state index contributed by atoms with van der Waals surface area (Å²) >= 11 is 0. The Bertz CT molecular complexity index is 551. The lowest BCUT2D eigenvalue weighted by molar-refractivity contribution is -0.506. The topological polar surface area (TPSA) is 113 Å². The molecule has 0 saturated heterocycles. The number of nitrogens with zero attached hydrogens (tertiary/aromatic N) is 1. The van der Waals surface area contributed by atoms with Gasteiger partial charge in [-0.3, -0.25) is 25.4 Å². The predicted molar refractivity (Wildman–Crippen MR) is 79.5 cm³/mol. The summed E-state index contributed by atoms with van der Waals surface area (Å²) in [5.41, 5.74) is 5.16. The molecule has 120 valence electrons. The molecule has 0 spiro atoms. The normalized spacial score (nSPS) is 14.0. The Morgan fingerprint density at radius 3 is 2.27 bits per heavy atom. The molecule has 22 heavy (non-hydrogen) atoms. The highest BCUT2D eigenvalue weighted by Crippen LogP contribution is 2.17. The van der Waals surface area contributed by atoms with Gasteiger partial charge in [0.2, 0.25) is 5.78 Å². The zero-order valence-corrected chi connectivity index (χ0v) is 12.8. The molecule has 0 heterocycles. The van der Waals surface area contributed by atoms with Gasteiger partial charge < -0.3 is 4.74 Å². The molecule has 0 fully saturated rings. The fraction of sp³-hybridized carbons (Fsp3) is 0.467. The lowest BCUT2D eigenvalue weighted by atomic mass is 9.93. The molecule has 2 atom stereocenters. The van der Waals surface area contributed by atoms with Crippen molar-refractivity contribution >= 4 is 11.8 Å². The Morgan fingerprint density at radius 1 is 1.27 bits per heavy atom. The van der Waals surface area contributed by atoms with Crippen molar-refractivity contribution in [3.05, 3.63) is 46.0 Å². The summed E-state index contributed by atoms with van der Waals surface area (Å²) in [5, 5.41) is 10.7. The molecule has 1 rings (SSSR count). The number of nitrogens with two attached hydrogens (primary N) is 1. The van der Waals surface area contributed by atoms with E-state index in [1.807, 2.05) is 0 Å². The number of hydrogen-bond donors (Lipinski definition) is 1. The molecule has 2 N–H and O–H groups in total. The van der Waals surface area contributed by atoms with Gasteiger partial charge in [0.1, 0.15) is 11.5 Å². The van der Waals surface area contributed by atoms with Crippen LogP contribution in [0.1, 0.15) is 26.3 Å². The smallest absolute Gasteiger partial charge is 0.322 e. The highest BCUT2D eigenvalue weighted by molar-refractivity contribution is 6.01. The summed E-state index contributed by atoms with van der Waals surface area (Å²) in [4.78, 5) is 34.2. The first-order chi connectivity index (χ1) is 10.1. The number of Topliss-reactive ketones (excluding diaryl/α,β-unsaturated/α-hetero) is 1. The molecule has 0 aromatic heterocycles.